The number of amides is 4. The SMILES string of the molecule is C=CC1CC1(NC(=O)C1CC(Oc2cc(-c3ccccc3)nc3cc(OC)ccc23)CN1C(=O)C(NC(=O)OC(C)(C)C)C(C)(C)C)C(=O)NS(=O)(=O)C1(Cc2ncoc2-c2ccccc2)CC1. The Labute approximate surface area is 396 Å². The molecule has 8 rings (SSSR count). The molecule has 3 aromatic carbocycles. The summed E-state index contributed by atoms with van der Waals surface area (Å²) >= 11 is 0. The van der Waals surface area contributed by atoms with Crippen LogP contribution in [0, 0.1) is 11.3 Å². The highest BCUT2D eigenvalue weighted by molar-refractivity contribution is 7.91. The van der Waals surface area contributed by atoms with Gasteiger partial charge in [0.1, 0.15) is 40.8 Å². The number of carbonyl (C=O) groups is 4. The number of sulfonamides is 1. The molecule has 68 heavy (non-hydrogen) atoms. The molecular weight excluding hydrogens is 889 g/mol. The number of ether oxygens (including phenoxy) is 3. The lowest BCUT2D eigenvalue weighted by atomic mass is 9.85. The van der Waals surface area contributed by atoms with Gasteiger partial charge in [-0.3, -0.25) is 19.1 Å². The van der Waals surface area contributed by atoms with Crippen molar-refractivity contribution in [3.8, 4) is 34.1 Å². The van der Waals surface area contributed by atoms with Gasteiger partial charge in [0.15, 0.2) is 12.2 Å². The molecule has 17 heteroatoms. The van der Waals surface area contributed by atoms with Gasteiger partial charge < -0.3 is 34.2 Å². The number of hydrogen-bond donors (Lipinski definition) is 3. The van der Waals surface area contributed by atoms with Crippen LogP contribution >= 0.6 is 0 Å². The molecule has 1 aliphatic heterocycles. The molecule has 3 fully saturated rings. The van der Waals surface area contributed by atoms with Crippen molar-refractivity contribution in [2.75, 3.05) is 13.7 Å². The summed E-state index contributed by atoms with van der Waals surface area (Å²) in [6, 6.07) is 23.6. The third-order valence-electron chi connectivity index (χ3n) is 12.8. The second-order valence-electron chi connectivity index (χ2n) is 20.0. The van der Waals surface area contributed by atoms with Gasteiger partial charge in [-0.2, -0.15) is 0 Å². The number of carbonyl (C=O) groups excluding carboxylic acids is 4. The Morgan fingerprint density at radius 2 is 1.63 bits per heavy atom. The van der Waals surface area contributed by atoms with Gasteiger partial charge in [0.05, 0.1) is 35.3 Å². The third-order valence-corrected chi connectivity index (χ3v) is 14.9. The van der Waals surface area contributed by atoms with Crippen molar-refractivity contribution < 1.29 is 46.2 Å². The van der Waals surface area contributed by atoms with E-state index in [0.29, 0.717) is 39.6 Å². The van der Waals surface area contributed by atoms with Crippen LogP contribution in [0.3, 0.4) is 0 Å². The molecule has 5 aromatic rings. The maximum atomic E-state index is 14.9. The number of likely N-dealkylation sites (tertiary alicyclic amines) is 1. The second kappa shape index (κ2) is 18.1. The van der Waals surface area contributed by atoms with Crippen LogP contribution in [0.15, 0.2) is 108 Å². The minimum atomic E-state index is -4.34. The smallest absolute Gasteiger partial charge is 0.408 e. The van der Waals surface area contributed by atoms with E-state index in [9.17, 15) is 27.6 Å². The molecule has 3 heterocycles. The Hall–Kier alpha value is -6.75. The summed E-state index contributed by atoms with van der Waals surface area (Å²) in [7, 11) is -2.77. The standard InChI is InChI=1S/C51H58N6O10S/c1-9-33-27-51(33,46(60)56-68(62,63)50(22-23-50)28-39-42(65-30-52-39)32-18-14-11-15-19-32)55-44(58)40-25-35(29-57(40)45(59)43(48(2,3)4)54-47(61)67-49(5,6)7)66-41-26-37(31-16-12-10-13-17-31)53-38-24-34(64-8)20-21-36(38)41/h9-21,24,26,30,33,35,40,43H,1,22-23,25,27-29H2,2-8H3,(H,54,61)(H,55,58)(H,56,60). The van der Waals surface area contributed by atoms with Crippen molar-refractivity contribution in [2.45, 2.75) is 108 Å². The number of benzene rings is 3. The number of methoxy groups -OCH3 is 1. The van der Waals surface area contributed by atoms with Crippen LogP contribution < -0.4 is 24.8 Å². The molecular formula is C51H58N6O10S. The van der Waals surface area contributed by atoms with E-state index in [2.05, 4.69) is 26.9 Å². The van der Waals surface area contributed by atoms with Crippen molar-refractivity contribution in [3.05, 3.63) is 110 Å². The van der Waals surface area contributed by atoms with Gasteiger partial charge >= 0.3 is 6.09 Å². The van der Waals surface area contributed by atoms with Gasteiger partial charge in [0, 0.05) is 47.4 Å². The van der Waals surface area contributed by atoms with Gasteiger partial charge in [-0.05, 0) is 57.6 Å². The highest BCUT2D eigenvalue weighted by Crippen LogP contribution is 2.49. The first-order valence-corrected chi connectivity index (χ1v) is 24.1. The summed E-state index contributed by atoms with van der Waals surface area (Å²) in [6.45, 7) is 14.3. The van der Waals surface area contributed by atoms with E-state index in [-0.39, 0.29) is 38.6 Å². The van der Waals surface area contributed by atoms with Crippen LogP contribution in [0.4, 0.5) is 4.79 Å². The van der Waals surface area contributed by atoms with Gasteiger partial charge in [0.25, 0.3) is 5.91 Å². The number of alkyl carbamates (subject to hydrolysis) is 1. The second-order valence-corrected chi connectivity index (χ2v) is 22.1. The number of fused-ring (bicyclic) bond motifs is 1. The molecule has 16 nitrogen and oxygen atoms in total. The highest BCUT2D eigenvalue weighted by Gasteiger charge is 2.64. The molecule has 5 atom stereocenters. The van der Waals surface area contributed by atoms with E-state index in [0.717, 1.165) is 11.1 Å². The minimum Gasteiger partial charge on any atom is -0.497 e. The molecule has 0 radical (unpaired) electrons. The van der Waals surface area contributed by atoms with E-state index in [4.69, 9.17) is 23.6 Å². The number of oxazole rings is 1. The summed E-state index contributed by atoms with van der Waals surface area (Å²) in [5.41, 5.74) is -0.209. The highest BCUT2D eigenvalue weighted by atomic mass is 32.2. The molecule has 2 aromatic heterocycles. The molecule has 1 saturated heterocycles. The summed E-state index contributed by atoms with van der Waals surface area (Å²) < 4.78 is 52.9. The first-order valence-electron chi connectivity index (χ1n) is 22.7. The van der Waals surface area contributed by atoms with Crippen LogP contribution in [0.25, 0.3) is 33.5 Å². The van der Waals surface area contributed by atoms with Crippen LogP contribution in [0.1, 0.15) is 72.9 Å². The van der Waals surface area contributed by atoms with Crippen molar-refractivity contribution >= 4 is 44.7 Å². The fourth-order valence-corrected chi connectivity index (χ4v) is 10.4. The van der Waals surface area contributed by atoms with Crippen LogP contribution in [0.2, 0.25) is 0 Å². The first-order chi connectivity index (χ1) is 32.2. The number of rotatable bonds is 15. The third kappa shape index (κ3) is 9.80. The van der Waals surface area contributed by atoms with Crippen molar-refractivity contribution in [3.63, 3.8) is 0 Å². The quantitative estimate of drug-likeness (QED) is 0.0896. The summed E-state index contributed by atoms with van der Waals surface area (Å²) in [4.78, 5) is 68.0. The summed E-state index contributed by atoms with van der Waals surface area (Å²) in [5.74, 6) is -1.36. The zero-order chi connectivity index (χ0) is 48.8. The predicted molar refractivity (Wildman–Crippen MR) is 255 cm³/mol. The van der Waals surface area contributed by atoms with Gasteiger partial charge in [0.2, 0.25) is 21.8 Å². The number of pyridine rings is 1. The molecule has 0 bridgehead atoms. The van der Waals surface area contributed by atoms with Crippen molar-refractivity contribution in [1.29, 1.82) is 0 Å². The van der Waals surface area contributed by atoms with Gasteiger partial charge in [-0.1, -0.05) is 87.5 Å². The zero-order valence-electron chi connectivity index (χ0n) is 39.3. The Bertz CT molecular complexity index is 2850. The van der Waals surface area contributed by atoms with Gasteiger partial charge in [-0.25, -0.2) is 23.2 Å². The number of aromatic nitrogens is 2. The topological polar surface area (TPSA) is 208 Å². The van der Waals surface area contributed by atoms with E-state index in [1.165, 1.54) is 17.4 Å². The Morgan fingerprint density at radius 1 is 0.956 bits per heavy atom. The van der Waals surface area contributed by atoms with Crippen LogP contribution in [-0.2, 0) is 35.6 Å². The molecule has 3 N–H and O–H groups in total. The summed E-state index contributed by atoms with van der Waals surface area (Å²) in [6.07, 6.45) is 1.77. The first kappa shape index (κ1) is 47.7. The fourth-order valence-electron chi connectivity index (χ4n) is 8.82. The molecule has 5 unspecified atom stereocenters. The normalized spacial score (nSPS) is 21.3. The van der Waals surface area contributed by atoms with Crippen LogP contribution in [0.5, 0.6) is 11.5 Å². The molecule has 358 valence electrons. The van der Waals surface area contributed by atoms with E-state index >= 15 is 0 Å². The fraction of sp³-hybridized carbons (Fsp3) is 0.412. The van der Waals surface area contributed by atoms with Crippen molar-refractivity contribution in [2.24, 2.45) is 11.3 Å². The Morgan fingerprint density at radius 3 is 2.24 bits per heavy atom. The average molecular weight is 947 g/mol. The number of nitrogens with one attached hydrogen (secondary N) is 3. The Balaban J connectivity index is 1.08. The van der Waals surface area contributed by atoms with E-state index in [1.54, 1.807) is 60.8 Å². The molecule has 2 aliphatic carbocycles. The van der Waals surface area contributed by atoms with E-state index < -0.39 is 79.2 Å². The monoisotopic (exact) mass is 946 g/mol. The molecule has 0 spiro atoms. The van der Waals surface area contributed by atoms with Crippen LogP contribution in [-0.4, -0.2) is 94.8 Å². The minimum absolute atomic E-state index is 0.000540. The predicted octanol–water partition coefficient (Wildman–Crippen LogP) is 7.14. The van der Waals surface area contributed by atoms with Crippen molar-refractivity contribution in [1.82, 2.24) is 30.2 Å². The number of nitrogens with zero attached hydrogens (tertiary/aromatic N) is 3. The van der Waals surface area contributed by atoms with E-state index in [1.807, 2.05) is 72.8 Å². The maximum Gasteiger partial charge on any atom is 0.408 e. The summed E-state index contributed by atoms with van der Waals surface area (Å²) in [5, 5.41) is 6.28. The number of hydrogen-bond acceptors (Lipinski definition) is 12. The molecule has 3 aliphatic rings. The Kier molecular flexibility index (Phi) is 12.7. The lowest BCUT2D eigenvalue weighted by Gasteiger charge is -2.36. The molecule has 2 saturated carbocycles. The lowest BCUT2D eigenvalue weighted by Crippen LogP contribution is -2.60. The molecule has 4 amide bonds. The maximum absolute atomic E-state index is 14.9. The largest absolute Gasteiger partial charge is 0.497 e. The zero-order valence-corrected chi connectivity index (χ0v) is 40.1. The lowest BCUT2D eigenvalue weighted by molar-refractivity contribution is -0.143. The van der Waals surface area contributed by atoms with Gasteiger partial charge in [-0.15, -0.1) is 6.58 Å². The average Bonchev–Trinajstić information content (AvgIpc) is 4.13.